The van der Waals surface area contributed by atoms with Crippen molar-refractivity contribution in [3.05, 3.63) is 0 Å². The van der Waals surface area contributed by atoms with Gasteiger partial charge in [0, 0.05) is 18.6 Å². The molecule has 0 aromatic heterocycles. The highest BCUT2D eigenvalue weighted by atomic mass is 19.4. The second-order valence-electron chi connectivity index (χ2n) is 3.21. The van der Waals surface area contributed by atoms with Gasteiger partial charge in [0.15, 0.2) is 0 Å². The summed E-state index contributed by atoms with van der Waals surface area (Å²) in [4.78, 5) is 10.5. The fourth-order valence-electron chi connectivity index (χ4n) is 1.31. The maximum atomic E-state index is 11.8. The van der Waals surface area contributed by atoms with E-state index in [-0.39, 0.29) is 6.04 Å². The minimum absolute atomic E-state index is 0.165. The molecule has 1 aliphatic heterocycles. The topological polar surface area (TPSA) is 41.1 Å². The van der Waals surface area contributed by atoms with Crippen LogP contribution in [0, 0.1) is 0 Å². The summed E-state index contributed by atoms with van der Waals surface area (Å²) in [6, 6.07) is -0.234. The monoisotopic (exact) mass is 196 g/mol. The molecule has 1 amide bonds. The zero-order valence-corrected chi connectivity index (χ0v) is 7.11. The van der Waals surface area contributed by atoms with E-state index in [1.165, 1.54) is 0 Å². The quantitative estimate of drug-likeness (QED) is 0.638. The summed E-state index contributed by atoms with van der Waals surface area (Å²) in [6.45, 7) is 2.27. The Hall–Kier alpha value is -0.780. The highest BCUT2D eigenvalue weighted by Crippen LogP contribution is 2.15. The molecule has 76 valence electrons. The van der Waals surface area contributed by atoms with Gasteiger partial charge in [-0.25, -0.2) is 0 Å². The van der Waals surface area contributed by atoms with Gasteiger partial charge >= 0.3 is 12.1 Å². The number of alkyl halides is 3. The SMILES string of the molecule is CC1CC(NC(=O)C(F)(F)F)CN1. The smallest absolute Gasteiger partial charge is 0.344 e. The number of carbonyl (C=O) groups is 1. The van der Waals surface area contributed by atoms with Gasteiger partial charge in [-0.05, 0) is 13.3 Å². The Morgan fingerprint density at radius 1 is 1.54 bits per heavy atom. The Balaban J connectivity index is 2.37. The molecule has 2 unspecified atom stereocenters. The van der Waals surface area contributed by atoms with Gasteiger partial charge in [-0.1, -0.05) is 0 Å². The van der Waals surface area contributed by atoms with E-state index < -0.39 is 18.1 Å². The lowest BCUT2D eigenvalue weighted by Gasteiger charge is -2.12. The minimum atomic E-state index is -4.77. The van der Waals surface area contributed by atoms with Crippen LogP contribution in [0.3, 0.4) is 0 Å². The van der Waals surface area contributed by atoms with Crippen molar-refractivity contribution >= 4 is 5.91 Å². The predicted octanol–water partition coefficient (Wildman–Crippen LogP) is 0.415. The molecule has 0 aromatic carbocycles. The molecule has 0 aliphatic carbocycles. The van der Waals surface area contributed by atoms with Crippen LogP contribution in [0.15, 0.2) is 0 Å². The van der Waals surface area contributed by atoms with Gasteiger partial charge in [0.1, 0.15) is 0 Å². The van der Waals surface area contributed by atoms with E-state index in [0.29, 0.717) is 13.0 Å². The lowest BCUT2D eigenvalue weighted by atomic mass is 10.2. The maximum Gasteiger partial charge on any atom is 0.471 e. The average molecular weight is 196 g/mol. The highest BCUT2D eigenvalue weighted by Gasteiger charge is 2.40. The number of hydrogen-bond acceptors (Lipinski definition) is 2. The van der Waals surface area contributed by atoms with E-state index in [9.17, 15) is 18.0 Å². The van der Waals surface area contributed by atoms with Crippen molar-refractivity contribution in [3.8, 4) is 0 Å². The third-order valence-corrected chi connectivity index (χ3v) is 1.94. The summed E-state index contributed by atoms with van der Waals surface area (Å²) in [5.74, 6) is -1.85. The first-order chi connectivity index (χ1) is 5.89. The molecule has 13 heavy (non-hydrogen) atoms. The predicted molar refractivity (Wildman–Crippen MR) is 40.1 cm³/mol. The molecular weight excluding hydrogens is 185 g/mol. The molecule has 2 atom stereocenters. The van der Waals surface area contributed by atoms with E-state index >= 15 is 0 Å². The number of rotatable bonds is 1. The summed E-state index contributed by atoms with van der Waals surface area (Å²) in [7, 11) is 0. The molecule has 1 aliphatic rings. The molecule has 1 saturated heterocycles. The fraction of sp³-hybridized carbons (Fsp3) is 0.857. The van der Waals surface area contributed by atoms with Crippen LogP contribution in [0.2, 0.25) is 0 Å². The van der Waals surface area contributed by atoms with Crippen LogP contribution in [0.1, 0.15) is 13.3 Å². The Labute approximate surface area is 73.7 Å². The standard InChI is InChI=1S/C7H11F3N2O/c1-4-2-5(3-11-4)12-6(13)7(8,9)10/h4-5,11H,2-3H2,1H3,(H,12,13). The largest absolute Gasteiger partial charge is 0.471 e. The zero-order chi connectivity index (χ0) is 10.1. The number of hydrogen-bond donors (Lipinski definition) is 2. The Morgan fingerprint density at radius 2 is 2.15 bits per heavy atom. The first-order valence-corrected chi connectivity index (χ1v) is 4.00. The van der Waals surface area contributed by atoms with E-state index in [4.69, 9.17) is 0 Å². The Morgan fingerprint density at radius 3 is 2.54 bits per heavy atom. The number of nitrogens with one attached hydrogen (secondary N) is 2. The van der Waals surface area contributed by atoms with Crippen molar-refractivity contribution < 1.29 is 18.0 Å². The summed E-state index contributed by atoms with van der Waals surface area (Å²) >= 11 is 0. The number of carbonyl (C=O) groups excluding carboxylic acids is 1. The Bertz CT molecular complexity index is 204. The average Bonchev–Trinajstić information content (AvgIpc) is 2.33. The van der Waals surface area contributed by atoms with Gasteiger partial charge in [0.2, 0.25) is 0 Å². The normalized spacial score (nSPS) is 28.9. The molecular formula is C7H11F3N2O. The van der Waals surface area contributed by atoms with Crippen molar-refractivity contribution in [2.75, 3.05) is 6.54 Å². The molecule has 0 saturated carbocycles. The maximum absolute atomic E-state index is 11.8. The third-order valence-electron chi connectivity index (χ3n) is 1.94. The summed E-state index contributed by atoms with van der Waals surface area (Å²) in [5.41, 5.74) is 0. The second-order valence-corrected chi connectivity index (χ2v) is 3.21. The number of amides is 1. The molecule has 0 bridgehead atoms. The molecule has 0 spiro atoms. The van der Waals surface area contributed by atoms with Crippen LogP contribution in [-0.2, 0) is 4.79 Å². The zero-order valence-electron chi connectivity index (χ0n) is 7.11. The van der Waals surface area contributed by atoms with Crippen LogP contribution in [0.4, 0.5) is 13.2 Å². The molecule has 1 rings (SSSR count). The first-order valence-electron chi connectivity index (χ1n) is 4.00. The van der Waals surface area contributed by atoms with Crippen molar-refractivity contribution in [2.24, 2.45) is 0 Å². The molecule has 1 heterocycles. The fourth-order valence-corrected chi connectivity index (χ4v) is 1.31. The van der Waals surface area contributed by atoms with Crippen LogP contribution < -0.4 is 10.6 Å². The molecule has 1 fully saturated rings. The minimum Gasteiger partial charge on any atom is -0.344 e. The van der Waals surface area contributed by atoms with E-state index in [2.05, 4.69) is 5.32 Å². The van der Waals surface area contributed by atoms with E-state index in [0.717, 1.165) is 0 Å². The lowest BCUT2D eigenvalue weighted by Crippen LogP contribution is -2.43. The van der Waals surface area contributed by atoms with Crippen LogP contribution in [0.25, 0.3) is 0 Å². The molecule has 0 aromatic rings. The van der Waals surface area contributed by atoms with E-state index in [1.54, 1.807) is 0 Å². The van der Waals surface area contributed by atoms with Crippen LogP contribution >= 0.6 is 0 Å². The van der Waals surface area contributed by atoms with Gasteiger partial charge in [-0.15, -0.1) is 0 Å². The number of halogens is 3. The molecule has 2 N–H and O–H groups in total. The van der Waals surface area contributed by atoms with Crippen molar-refractivity contribution in [3.63, 3.8) is 0 Å². The van der Waals surface area contributed by atoms with Crippen molar-refractivity contribution in [1.82, 2.24) is 10.6 Å². The molecule has 0 radical (unpaired) electrons. The van der Waals surface area contributed by atoms with Crippen molar-refractivity contribution in [2.45, 2.75) is 31.6 Å². The van der Waals surface area contributed by atoms with E-state index in [1.807, 2.05) is 12.2 Å². The van der Waals surface area contributed by atoms with Gasteiger partial charge < -0.3 is 10.6 Å². The molecule has 6 heteroatoms. The second kappa shape index (κ2) is 3.53. The lowest BCUT2D eigenvalue weighted by molar-refractivity contribution is -0.174. The van der Waals surface area contributed by atoms with Gasteiger partial charge in [0.25, 0.3) is 0 Å². The summed E-state index contributed by atoms with van der Waals surface area (Å²) < 4.78 is 35.3. The van der Waals surface area contributed by atoms with Gasteiger partial charge in [0.05, 0.1) is 0 Å². The van der Waals surface area contributed by atoms with Crippen molar-refractivity contribution in [1.29, 1.82) is 0 Å². The van der Waals surface area contributed by atoms with Gasteiger partial charge in [-0.2, -0.15) is 13.2 Å². The third kappa shape index (κ3) is 2.87. The highest BCUT2D eigenvalue weighted by molar-refractivity contribution is 5.81. The summed E-state index contributed by atoms with van der Waals surface area (Å²) in [6.07, 6.45) is -4.23. The first kappa shape index (κ1) is 10.3. The van der Waals surface area contributed by atoms with Gasteiger partial charge in [-0.3, -0.25) is 4.79 Å². The summed E-state index contributed by atoms with van der Waals surface area (Å²) in [5, 5.41) is 4.87. The van der Waals surface area contributed by atoms with Crippen LogP contribution in [-0.4, -0.2) is 30.7 Å². The van der Waals surface area contributed by atoms with Crippen LogP contribution in [0.5, 0.6) is 0 Å². The molecule has 3 nitrogen and oxygen atoms in total. The Kier molecular flexibility index (Phi) is 2.80.